The SMILES string of the molecule is C1=C(c2ccccc2)NC(c2cccc(-n3c4ccccc4c4c5oc(-c6ccccc6)nc5ccc43)c2)N=C1c1ccc(-c2ccccc2)cc1. The fourth-order valence-corrected chi connectivity index (χ4v) is 7.35. The van der Waals surface area contributed by atoms with Crippen LogP contribution < -0.4 is 5.32 Å². The Morgan fingerprint density at radius 2 is 1.19 bits per heavy atom. The van der Waals surface area contributed by atoms with Crippen LogP contribution in [0.1, 0.15) is 22.9 Å². The summed E-state index contributed by atoms with van der Waals surface area (Å²) in [6.45, 7) is 0. The van der Waals surface area contributed by atoms with E-state index in [4.69, 9.17) is 14.4 Å². The van der Waals surface area contributed by atoms with Crippen molar-refractivity contribution in [1.82, 2.24) is 14.9 Å². The Balaban J connectivity index is 1.09. The molecule has 0 fully saturated rings. The van der Waals surface area contributed by atoms with Crippen molar-refractivity contribution in [1.29, 1.82) is 0 Å². The highest BCUT2D eigenvalue weighted by molar-refractivity contribution is 6.19. The minimum atomic E-state index is -0.300. The molecule has 10 rings (SSSR count). The second-order valence-electron chi connectivity index (χ2n) is 13.1. The van der Waals surface area contributed by atoms with Gasteiger partial charge in [0, 0.05) is 22.3 Å². The summed E-state index contributed by atoms with van der Waals surface area (Å²) >= 11 is 0. The third-order valence-electron chi connectivity index (χ3n) is 9.87. The standard InChI is InChI=1S/C47H32N4O/c1-4-13-31(14-5-1)32-23-25-34(26-24-32)41-30-40(33-15-6-2-7-16-33)48-46(49-41)36-19-12-20-37(29-36)51-42-22-11-10-21-38(42)44-43(51)28-27-39-45(44)52-47(50-39)35-17-8-3-9-18-35/h1-30,46,48H. The number of oxazole rings is 1. The summed E-state index contributed by atoms with van der Waals surface area (Å²) in [6.07, 6.45) is 1.86. The minimum Gasteiger partial charge on any atom is -0.435 e. The smallest absolute Gasteiger partial charge is 0.227 e. The van der Waals surface area contributed by atoms with E-state index in [-0.39, 0.29) is 6.17 Å². The fourth-order valence-electron chi connectivity index (χ4n) is 7.35. The molecule has 3 heterocycles. The molecule has 1 aliphatic heterocycles. The van der Waals surface area contributed by atoms with E-state index < -0.39 is 0 Å². The molecule has 5 nitrogen and oxygen atoms in total. The van der Waals surface area contributed by atoms with Crippen molar-refractivity contribution in [3.63, 3.8) is 0 Å². The molecular weight excluding hydrogens is 637 g/mol. The predicted molar refractivity (Wildman–Crippen MR) is 212 cm³/mol. The Morgan fingerprint density at radius 3 is 1.96 bits per heavy atom. The van der Waals surface area contributed by atoms with Crippen LogP contribution in [0.3, 0.4) is 0 Å². The number of aromatic nitrogens is 2. The van der Waals surface area contributed by atoms with E-state index in [0.717, 1.165) is 72.3 Å². The number of nitrogens with zero attached hydrogens (tertiary/aromatic N) is 3. The molecule has 1 unspecified atom stereocenters. The molecule has 0 amide bonds. The lowest BCUT2D eigenvalue weighted by molar-refractivity contribution is 0.623. The predicted octanol–water partition coefficient (Wildman–Crippen LogP) is 11.4. The minimum absolute atomic E-state index is 0.300. The molecule has 9 aromatic rings. The van der Waals surface area contributed by atoms with Gasteiger partial charge >= 0.3 is 0 Å². The summed E-state index contributed by atoms with van der Waals surface area (Å²) in [6, 6.07) is 61.1. The van der Waals surface area contributed by atoms with Gasteiger partial charge in [-0.25, -0.2) is 4.98 Å². The quantitative estimate of drug-likeness (QED) is 0.192. The van der Waals surface area contributed by atoms with Gasteiger partial charge in [0.05, 0.1) is 22.1 Å². The van der Waals surface area contributed by atoms with Gasteiger partial charge < -0.3 is 14.3 Å². The van der Waals surface area contributed by atoms with Gasteiger partial charge in [-0.15, -0.1) is 0 Å². The van der Waals surface area contributed by atoms with Gasteiger partial charge in [0.2, 0.25) is 5.89 Å². The van der Waals surface area contributed by atoms with E-state index in [0.29, 0.717) is 5.89 Å². The molecule has 0 bridgehead atoms. The number of fused-ring (bicyclic) bond motifs is 5. The highest BCUT2D eigenvalue weighted by Gasteiger charge is 2.22. The second-order valence-corrected chi connectivity index (χ2v) is 13.1. The third kappa shape index (κ3) is 5.19. The van der Waals surface area contributed by atoms with Crippen LogP contribution in [-0.2, 0) is 0 Å². The van der Waals surface area contributed by atoms with Gasteiger partial charge in [0.25, 0.3) is 0 Å². The molecule has 0 spiro atoms. The maximum atomic E-state index is 6.53. The normalized spacial score (nSPS) is 14.3. The van der Waals surface area contributed by atoms with Crippen molar-refractivity contribution in [2.24, 2.45) is 4.99 Å². The molecule has 0 aliphatic carbocycles. The summed E-state index contributed by atoms with van der Waals surface area (Å²) in [5.41, 5.74) is 13.4. The van der Waals surface area contributed by atoms with Crippen molar-refractivity contribution in [2.45, 2.75) is 6.17 Å². The van der Waals surface area contributed by atoms with Gasteiger partial charge in [-0.05, 0) is 76.4 Å². The van der Waals surface area contributed by atoms with Gasteiger partial charge in [-0.2, -0.15) is 0 Å². The van der Waals surface area contributed by atoms with E-state index in [1.807, 2.05) is 42.5 Å². The number of para-hydroxylation sites is 1. The first-order chi connectivity index (χ1) is 25.8. The summed E-state index contributed by atoms with van der Waals surface area (Å²) in [4.78, 5) is 10.2. The van der Waals surface area contributed by atoms with Crippen LogP contribution in [0.25, 0.3) is 66.9 Å². The van der Waals surface area contributed by atoms with E-state index in [9.17, 15) is 0 Å². The summed E-state index contributed by atoms with van der Waals surface area (Å²) < 4.78 is 8.85. The van der Waals surface area contributed by atoms with Crippen LogP contribution in [-0.4, -0.2) is 15.3 Å². The molecule has 246 valence electrons. The Morgan fingerprint density at radius 1 is 0.538 bits per heavy atom. The van der Waals surface area contributed by atoms with Gasteiger partial charge in [-0.3, -0.25) is 4.99 Å². The van der Waals surface area contributed by atoms with Crippen LogP contribution in [0.2, 0.25) is 0 Å². The maximum absolute atomic E-state index is 6.53. The fraction of sp³-hybridized carbons (Fsp3) is 0.0213. The van der Waals surface area contributed by atoms with E-state index >= 15 is 0 Å². The lowest BCUT2D eigenvalue weighted by Gasteiger charge is -2.25. The van der Waals surface area contributed by atoms with Crippen LogP contribution in [0.5, 0.6) is 0 Å². The van der Waals surface area contributed by atoms with Crippen molar-refractivity contribution in [2.75, 3.05) is 0 Å². The molecule has 0 saturated carbocycles. The van der Waals surface area contributed by atoms with Gasteiger partial charge in [-0.1, -0.05) is 133 Å². The first-order valence-corrected chi connectivity index (χ1v) is 17.5. The third-order valence-corrected chi connectivity index (χ3v) is 9.87. The molecular formula is C47H32N4O. The number of allylic oxidation sites excluding steroid dienone is 1. The summed E-state index contributed by atoms with van der Waals surface area (Å²) in [7, 11) is 0. The van der Waals surface area contributed by atoms with Crippen LogP contribution in [0.4, 0.5) is 0 Å². The number of nitrogens with one attached hydrogen (secondary N) is 1. The average Bonchev–Trinajstić information content (AvgIpc) is 3.82. The largest absolute Gasteiger partial charge is 0.435 e. The Hall–Kier alpha value is -6.98. The topological polar surface area (TPSA) is 55.4 Å². The molecule has 5 heteroatoms. The number of hydrogen-bond donors (Lipinski definition) is 1. The molecule has 0 saturated heterocycles. The zero-order valence-electron chi connectivity index (χ0n) is 28.1. The first kappa shape index (κ1) is 29.9. The van der Waals surface area contributed by atoms with Gasteiger partial charge in [0.15, 0.2) is 5.58 Å². The number of aliphatic imine (C=N–C) groups is 1. The Bertz CT molecular complexity index is 2800. The van der Waals surface area contributed by atoms with Crippen molar-refractivity contribution in [3.8, 4) is 28.3 Å². The second kappa shape index (κ2) is 12.4. The maximum Gasteiger partial charge on any atom is 0.227 e. The number of hydrogen-bond acceptors (Lipinski definition) is 4. The van der Waals surface area contributed by atoms with Crippen LogP contribution in [0, 0.1) is 0 Å². The lowest BCUT2D eigenvalue weighted by Crippen LogP contribution is -2.25. The number of rotatable bonds is 6. The zero-order valence-corrected chi connectivity index (χ0v) is 28.1. The molecule has 52 heavy (non-hydrogen) atoms. The van der Waals surface area contributed by atoms with Crippen molar-refractivity contribution in [3.05, 3.63) is 199 Å². The van der Waals surface area contributed by atoms with E-state index in [1.165, 1.54) is 11.1 Å². The Kier molecular flexibility index (Phi) is 7.14. The van der Waals surface area contributed by atoms with E-state index in [1.54, 1.807) is 0 Å². The van der Waals surface area contributed by atoms with Crippen molar-refractivity contribution < 1.29 is 4.42 Å². The summed E-state index contributed by atoms with van der Waals surface area (Å²) in [5, 5.41) is 5.93. The lowest BCUT2D eigenvalue weighted by atomic mass is 9.99. The zero-order chi connectivity index (χ0) is 34.4. The molecule has 0 radical (unpaired) electrons. The Labute approximate surface area is 300 Å². The first-order valence-electron chi connectivity index (χ1n) is 17.5. The molecule has 2 aromatic heterocycles. The van der Waals surface area contributed by atoms with Crippen LogP contribution in [0.15, 0.2) is 191 Å². The molecule has 1 N–H and O–H groups in total. The van der Waals surface area contributed by atoms with E-state index in [2.05, 4.69) is 149 Å². The number of benzene rings is 7. The average molecular weight is 669 g/mol. The monoisotopic (exact) mass is 668 g/mol. The highest BCUT2D eigenvalue weighted by atomic mass is 16.3. The molecule has 1 aliphatic rings. The van der Waals surface area contributed by atoms with Crippen molar-refractivity contribution >= 4 is 44.3 Å². The van der Waals surface area contributed by atoms with Gasteiger partial charge in [0.1, 0.15) is 11.7 Å². The summed E-state index contributed by atoms with van der Waals surface area (Å²) in [5.74, 6) is 0.621. The highest BCUT2D eigenvalue weighted by Crippen LogP contribution is 2.39. The molecule has 1 atom stereocenters. The van der Waals surface area contributed by atoms with Crippen LogP contribution >= 0.6 is 0 Å². The molecule has 7 aromatic carbocycles.